The first-order valence-electron chi connectivity index (χ1n) is 36.1. The number of hydrogen-bond acceptors (Lipinski definition) is 12. The fourth-order valence-corrected chi connectivity index (χ4v) is 15.3. The van der Waals surface area contributed by atoms with Crippen molar-refractivity contribution in [2.75, 3.05) is 81.6 Å². The molecule has 0 radical (unpaired) electrons. The summed E-state index contributed by atoms with van der Waals surface area (Å²) >= 11 is 0. The Morgan fingerprint density at radius 1 is 0.561 bits per heavy atom. The minimum Gasteiger partial charge on any atom is -0.343 e. The number of carbonyl (C=O) groups excluding carboxylic acids is 12. The van der Waals surface area contributed by atoms with Crippen molar-refractivity contribution in [2.24, 2.45) is 35.5 Å². The van der Waals surface area contributed by atoms with E-state index in [1.165, 1.54) is 61.9 Å². The van der Waals surface area contributed by atoms with Gasteiger partial charge in [0.05, 0.1) is 32.0 Å². The molecule has 28 heteroatoms. The highest BCUT2D eigenvalue weighted by Crippen LogP contribution is 2.43. The quantitative estimate of drug-likeness (QED) is 0.180. The van der Waals surface area contributed by atoms with Crippen LogP contribution >= 0.6 is 0 Å². The number of hydrogen-bond donors (Lipinski definition) is 4. The molecule has 6 rings (SSSR count). The first-order valence-corrected chi connectivity index (χ1v) is 36.1. The Hall–Kier alpha value is -6.64. The topological polar surface area (TPSA) is 279 Å². The molecule has 98 heavy (non-hydrogen) atoms. The Kier molecular flexibility index (Phi) is 29.6. The lowest BCUT2D eigenvalue weighted by Crippen LogP contribution is -2.64. The van der Waals surface area contributed by atoms with Gasteiger partial charge in [-0.25, -0.2) is 4.39 Å². The van der Waals surface area contributed by atoms with Crippen LogP contribution in [-0.4, -0.2) is 252 Å². The van der Waals surface area contributed by atoms with Crippen LogP contribution in [0.2, 0.25) is 0 Å². The predicted molar refractivity (Wildman–Crippen MR) is 358 cm³/mol. The Morgan fingerprint density at radius 3 is 1.72 bits per heavy atom. The highest BCUT2D eigenvalue weighted by molar-refractivity contribution is 6.00. The molecule has 0 aromatic carbocycles. The van der Waals surface area contributed by atoms with E-state index in [0.717, 1.165) is 53.2 Å². The molecule has 3 saturated heterocycles. The maximum Gasteiger partial charge on any atom is 0.394 e. The van der Waals surface area contributed by atoms with Gasteiger partial charge in [0, 0.05) is 61.9 Å². The third kappa shape index (κ3) is 21.2. The molecule has 3 heterocycles. The van der Waals surface area contributed by atoms with Gasteiger partial charge in [-0.1, -0.05) is 92.9 Å². The van der Waals surface area contributed by atoms with Crippen LogP contribution in [-0.2, 0) is 57.5 Å². The number of piperidine rings is 1. The first kappa shape index (κ1) is 80.3. The highest BCUT2D eigenvalue weighted by atomic mass is 19.4. The Labute approximate surface area is 577 Å². The molecule has 0 bridgehead atoms. The third-order valence-corrected chi connectivity index (χ3v) is 21.7. The number of alkyl halides is 4. The second kappa shape index (κ2) is 36.1. The van der Waals surface area contributed by atoms with Crippen LogP contribution in [0.3, 0.4) is 0 Å². The number of fused-ring (bicyclic) bond motifs is 1. The molecule has 554 valence electrons. The largest absolute Gasteiger partial charge is 0.394 e. The van der Waals surface area contributed by atoms with Gasteiger partial charge in [-0.05, 0) is 126 Å². The second-order valence-electron chi connectivity index (χ2n) is 30.1. The van der Waals surface area contributed by atoms with Crippen LogP contribution in [0.4, 0.5) is 17.6 Å². The summed E-state index contributed by atoms with van der Waals surface area (Å²) in [4.78, 5) is 187. The predicted octanol–water partition coefficient (Wildman–Crippen LogP) is 5.34. The van der Waals surface area contributed by atoms with Crippen molar-refractivity contribution in [3.05, 3.63) is 0 Å². The van der Waals surface area contributed by atoms with E-state index in [-0.39, 0.29) is 82.1 Å². The van der Waals surface area contributed by atoms with Crippen LogP contribution in [0.5, 0.6) is 0 Å². The minimum absolute atomic E-state index is 0.00179. The maximum atomic E-state index is 15.4. The number of likely N-dealkylation sites (tertiary alicyclic amines) is 1. The Balaban J connectivity index is 1.40. The smallest absolute Gasteiger partial charge is 0.343 e. The van der Waals surface area contributed by atoms with E-state index in [0.29, 0.717) is 51.6 Å². The number of nitrogens with zero attached hydrogens (tertiary/aromatic N) is 8. The van der Waals surface area contributed by atoms with Crippen molar-refractivity contribution in [3.8, 4) is 0 Å². The Morgan fingerprint density at radius 2 is 1.13 bits per heavy atom. The van der Waals surface area contributed by atoms with Gasteiger partial charge in [0.15, 0.2) is 0 Å². The molecule has 6 fully saturated rings. The number of amides is 12. The summed E-state index contributed by atoms with van der Waals surface area (Å²) in [7, 11) is 8.41. The van der Waals surface area contributed by atoms with Crippen molar-refractivity contribution >= 4 is 70.9 Å². The van der Waals surface area contributed by atoms with Crippen molar-refractivity contribution in [2.45, 2.75) is 256 Å². The van der Waals surface area contributed by atoms with Gasteiger partial charge < -0.3 is 60.5 Å². The summed E-state index contributed by atoms with van der Waals surface area (Å²) in [5.74, 6) is -11.7. The molecule has 3 aliphatic heterocycles. The van der Waals surface area contributed by atoms with Crippen molar-refractivity contribution in [1.29, 1.82) is 0 Å². The molecule has 24 nitrogen and oxygen atoms in total. The molecule has 0 aromatic rings. The molecular formula is C70H114F4N12O12. The van der Waals surface area contributed by atoms with E-state index in [9.17, 15) is 56.3 Å². The number of halogens is 4. The van der Waals surface area contributed by atoms with Crippen molar-refractivity contribution in [1.82, 2.24) is 60.5 Å². The average molecular weight is 1390 g/mol. The van der Waals surface area contributed by atoms with Crippen LogP contribution in [0.1, 0.15) is 196 Å². The molecule has 0 aromatic heterocycles. The van der Waals surface area contributed by atoms with E-state index in [1.54, 1.807) is 11.8 Å². The lowest BCUT2D eigenvalue weighted by Gasteiger charge is -2.39. The summed E-state index contributed by atoms with van der Waals surface area (Å²) in [5, 5.41) is 11.5. The van der Waals surface area contributed by atoms with Crippen molar-refractivity contribution in [3.63, 3.8) is 0 Å². The van der Waals surface area contributed by atoms with Crippen LogP contribution in [0, 0.1) is 35.5 Å². The fraction of sp³-hybridized carbons (Fsp3) is 0.829. The van der Waals surface area contributed by atoms with E-state index in [2.05, 4.69) is 21.3 Å². The lowest BCUT2D eigenvalue weighted by molar-refractivity contribution is -0.201. The minimum atomic E-state index is -4.75. The van der Waals surface area contributed by atoms with Gasteiger partial charge in [0.25, 0.3) is 0 Å². The van der Waals surface area contributed by atoms with E-state index in [4.69, 9.17) is 0 Å². The van der Waals surface area contributed by atoms with E-state index >= 15 is 18.8 Å². The SMILES string of the molecule is CC[C@H](C)[C@@H]1NC(=O)[C@H](CC(C)C)N(C)C(=O)C[C@@H](C(=O)N2CCCCC2)NC(=O)[C@H](CC(C)C)N(C)C(=O)C2(CCCC2)NC(=O)[C@@H]2CCCN2C(=O)[C@H](CCC2CCC(C(F)(F)F)C(F)C2)NC(=O)CN(C)C(=O)[C@H](CC2CCCCC2)N(C)C(=O)CN(C)C(=O)CN(C)C1=O. The monoisotopic (exact) mass is 1390 g/mol. The molecule has 3 saturated carbocycles. The number of carbonyl (C=O) groups is 12. The van der Waals surface area contributed by atoms with Crippen LogP contribution in [0.25, 0.3) is 0 Å². The van der Waals surface area contributed by atoms with Gasteiger partial charge in [-0.2, -0.15) is 13.2 Å². The summed E-state index contributed by atoms with van der Waals surface area (Å²) in [6.07, 6.45) is 0.526. The normalized spacial score (nSPS) is 29.3. The first-order chi connectivity index (χ1) is 46.1. The summed E-state index contributed by atoms with van der Waals surface area (Å²) in [6, 6.07) is -8.85. The zero-order valence-corrected chi connectivity index (χ0v) is 60.3. The number of nitrogens with one attached hydrogen (secondary N) is 4. The molecule has 3 aliphatic carbocycles. The zero-order chi connectivity index (χ0) is 72.7. The van der Waals surface area contributed by atoms with Gasteiger partial charge >= 0.3 is 6.18 Å². The standard InChI is InChI=1S/C70H114F4N12O12/c1-13-45(6)60-67(97)81(9)41-58(89)79(7)42-59(90)83(11)55(38-46-23-16-14-17-24-46)66(96)80(8)40-56(87)75-50(29-27-47-26-28-48(49(71)37-47)70(72,73)74)65(95)86-34-22-25-52(86)63(93)78-69(30-18-19-31-69)68(98)84(12)54(36-44(4)5)61(91)76-51(64(94)85-32-20-15-21-33-85)39-57(88)82(10)53(35-43(2)3)62(92)77-60/h43-55,60H,13-42H2,1-12H3,(H,75,87)(H,76,91)(H,77,92)(H,78,93)/t45-,47?,48?,49?,50-,51-,52-,53-,54-,55-,60-/m0/s1. The lowest BCUT2D eigenvalue weighted by atomic mass is 9.78. The van der Waals surface area contributed by atoms with Gasteiger partial charge in [0.1, 0.15) is 54.0 Å². The van der Waals surface area contributed by atoms with E-state index < -0.39 is 188 Å². The highest BCUT2D eigenvalue weighted by Gasteiger charge is 2.51. The molecule has 3 unspecified atom stereocenters. The molecule has 1 spiro atoms. The van der Waals surface area contributed by atoms with Gasteiger partial charge in [-0.3, -0.25) is 57.5 Å². The van der Waals surface area contributed by atoms with Gasteiger partial charge in [-0.15, -0.1) is 0 Å². The summed E-state index contributed by atoms with van der Waals surface area (Å²) in [5.41, 5.74) is -1.58. The van der Waals surface area contributed by atoms with Crippen LogP contribution < -0.4 is 21.3 Å². The van der Waals surface area contributed by atoms with Crippen molar-refractivity contribution < 1.29 is 75.1 Å². The molecule has 11 atom stereocenters. The van der Waals surface area contributed by atoms with Gasteiger partial charge in [0.2, 0.25) is 70.9 Å². The second-order valence-corrected chi connectivity index (χ2v) is 30.1. The van der Waals surface area contributed by atoms with E-state index in [1.807, 2.05) is 34.6 Å². The fourth-order valence-electron chi connectivity index (χ4n) is 15.3. The zero-order valence-electron chi connectivity index (χ0n) is 60.3. The molecule has 4 N–H and O–H groups in total. The number of likely N-dealkylation sites (N-methyl/N-ethyl adjacent to an activating group) is 6. The maximum absolute atomic E-state index is 15.4. The molecular weight excluding hydrogens is 1280 g/mol. The third-order valence-electron chi connectivity index (χ3n) is 21.7. The van der Waals surface area contributed by atoms with Crippen LogP contribution in [0.15, 0.2) is 0 Å². The summed E-state index contributed by atoms with van der Waals surface area (Å²) < 4.78 is 56.7. The average Bonchev–Trinajstić information content (AvgIpc) is 1.66. The molecule has 12 amide bonds. The Bertz CT molecular complexity index is 2810. The molecule has 6 aliphatic rings. The number of rotatable bonds is 12. The summed E-state index contributed by atoms with van der Waals surface area (Å²) in [6.45, 7) is 10.0.